The molecule has 0 spiro atoms. The molecular formula is C21H26N4O2S. The minimum atomic E-state index is 0.0489. The van der Waals surface area contributed by atoms with Crippen LogP contribution < -0.4 is 10.2 Å². The Morgan fingerprint density at radius 1 is 1.25 bits per heavy atom. The number of hydrogen-bond donors (Lipinski definition) is 1. The number of carbonyl (C=O) groups excluding carboxylic acids is 1. The Labute approximate surface area is 169 Å². The lowest BCUT2D eigenvalue weighted by Gasteiger charge is -2.20. The van der Waals surface area contributed by atoms with Crippen molar-refractivity contribution < 1.29 is 9.21 Å². The molecule has 7 heteroatoms. The lowest BCUT2D eigenvalue weighted by atomic mass is 10.1. The Bertz CT molecular complexity index is 848. The van der Waals surface area contributed by atoms with Crippen LogP contribution in [0.2, 0.25) is 0 Å². The first-order chi connectivity index (χ1) is 13.6. The fraction of sp³-hybridized carbons (Fsp3) is 0.381. The Morgan fingerprint density at radius 2 is 2.07 bits per heavy atom. The molecule has 0 aliphatic heterocycles. The molecule has 2 aromatic heterocycles. The molecule has 0 aliphatic carbocycles. The summed E-state index contributed by atoms with van der Waals surface area (Å²) in [5.41, 5.74) is 1.18. The first-order valence-electron chi connectivity index (χ1n) is 9.57. The molecule has 3 aromatic rings. The lowest BCUT2D eigenvalue weighted by molar-refractivity contribution is -0.121. The second-order valence-corrected chi connectivity index (χ2v) is 7.51. The van der Waals surface area contributed by atoms with E-state index in [0.29, 0.717) is 25.9 Å². The van der Waals surface area contributed by atoms with Crippen molar-refractivity contribution in [2.45, 2.75) is 45.7 Å². The van der Waals surface area contributed by atoms with E-state index < -0.39 is 0 Å². The van der Waals surface area contributed by atoms with Crippen LogP contribution in [0.3, 0.4) is 0 Å². The van der Waals surface area contributed by atoms with Crippen LogP contribution in [0.1, 0.15) is 43.8 Å². The predicted octanol–water partition coefficient (Wildman–Crippen LogP) is 4.03. The van der Waals surface area contributed by atoms with Crippen molar-refractivity contribution in [3.8, 4) is 0 Å². The number of hydrogen-bond acceptors (Lipinski definition) is 6. The number of aromatic nitrogens is 2. The third-order valence-corrected chi connectivity index (χ3v) is 5.30. The summed E-state index contributed by atoms with van der Waals surface area (Å²) >= 11 is 1.36. The maximum Gasteiger partial charge on any atom is 0.221 e. The van der Waals surface area contributed by atoms with Crippen molar-refractivity contribution in [1.82, 2.24) is 14.7 Å². The molecular weight excluding hydrogens is 372 g/mol. The fourth-order valence-corrected chi connectivity index (χ4v) is 3.45. The third-order valence-electron chi connectivity index (χ3n) is 4.49. The molecule has 0 radical (unpaired) electrons. The normalized spacial score (nSPS) is 11.9. The Hall–Kier alpha value is -2.67. The van der Waals surface area contributed by atoms with Crippen LogP contribution in [0.5, 0.6) is 0 Å². The molecule has 28 heavy (non-hydrogen) atoms. The number of benzene rings is 1. The molecule has 0 unspecified atom stereocenters. The van der Waals surface area contributed by atoms with E-state index in [2.05, 4.69) is 33.6 Å². The maximum absolute atomic E-state index is 12.2. The SMILES string of the molecule is CC[C@@H](C)NC(=O)CCN(Cc1ccco1)c1nc(Cc2ccccc2)ns1. The monoisotopic (exact) mass is 398 g/mol. The smallest absolute Gasteiger partial charge is 0.221 e. The van der Waals surface area contributed by atoms with Gasteiger partial charge >= 0.3 is 0 Å². The summed E-state index contributed by atoms with van der Waals surface area (Å²) in [6.07, 6.45) is 3.67. The van der Waals surface area contributed by atoms with Gasteiger partial charge in [-0.1, -0.05) is 37.3 Å². The van der Waals surface area contributed by atoms with Gasteiger partial charge < -0.3 is 14.6 Å². The fourth-order valence-electron chi connectivity index (χ4n) is 2.74. The summed E-state index contributed by atoms with van der Waals surface area (Å²) in [5.74, 6) is 1.68. The molecule has 0 fully saturated rings. The van der Waals surface area contributed by atoms with E-state index in [1.54, 1.807) is 6.26 Å². The summed E-state index contributed by atoms with van der Waals surface area (Å²) in [7, 11) is 0. The summed E-state index contributed by atoms with van der Waals surface area (Å²) < 4.78 is 10.00. The summed E-state index contributed by atoms with van der Waals surface area (Å²) in [6.45, 7) is 5.19. The van der Waals surface area contributed by atoms with Crippen LogP contribution in [0.15, 0.2) is 53.1 Å². The van der Waals surface area contributed by atoms with Crippen molar-refractivity contribution in [3.63, 3.8) is 0 Å². The highest BCUT2D eigenvalue weighted by atomic mass is 32.1. The van der Waals surface area contributed by atoms with Crippen molar-refractivity contribution in [2.24, 2.45) is 0 Å². The van der Waals surface area contributed by atoms with E-state index in [0.717, 1.165) is 23.1 Å². The number of furan rings is 1. The maximum atomic E-state index is 12.2. The van der Waals surface area contributed by atoms with E-state index >= 15 is 0 Å². The van der Waals surface area contributed by atoms with Gasteiger partial charge in [-0.3, -0.25) is 4.79 Å². The van der Waals surface area contributed by atoms with Crippen molar-refractivity contribution in [1.29, 1.82) is 0 Å². The molecule has 0 bridgehead atoms. The largest absolute Gasteiger partial charge is 0.467 e. The van der Waals surface area contributed by atoms with Gasteiger partial charge in [0.25, 0.3) is 0 Å². The van der Waals surface area contributed by atoms with Crippen LogP contribution in [-0.4, -0.2) is 27.9 Å². The highest BCUT2D eigenvalue weighted by Crippen LogP contribution is 2.22. The number of nitrogens with zero attached hydrogens (tertiary/aromatic N) is 3. The Balaban J connectivity index is 1.67. The summed E-state index contributed by atoms with van der Waals surface area (Å²) in [6, 6.07) is 14.1. The molecule has 148 valence electrons. The Morgan fingerprint density at radius 3 is 2.79 bits per heavy atom. The van der Waals surface area contributed by atoms with Crippen LogP contribution in [0.25, 0.3) is 0 Å². The molecule has 1 amide bonds. The van der Waals surface area contributed by atoms with Crippen molar-refractivity contribution in [3.05, 3.63) is 65.9 Å². The average Bonchev–Trinajstić information content (AvgIpc) is 3.38. The highest BCUT2D eigenvalue weighted by molar-refractivity contribution is 7.09. The van der Waals surface area contributed by atoms with Crippen molar-refractivity contribution >= 4 is 22.6 Å². The van der Waals surface area contributed by atoms with Gasteiger partial charge in [-0.2, -0.15) is 4.37 Å². The van der Waals surface area contributed by atoms with Crippen LogP contribution >= 0.6 is 11.5 Å². The molecule has 1 aromatic carbocycles. The molecule has 2 heterocycles. The van der Waals surface area contributed by atoms with Crippen LogP contribution in [0, 0.1) is 0 Å². The minimum Gasteiger partial charge on any atom is -0.467 e. The summed E-state index contributed by atoms with van der Waals surface area (Å²) in [5, 5.41) is 3.82. The van der Waals surface area contributed by atoms with Gasteiger partial charge in [-0.15, -0.1) is 0 Å². The second kappa shape index (κ2) is 10.0. The standard InChI is InChI=1S/C21H26N4O2S/c1-3-16(2)22-20(26)11-12-25(15-18-10-7-13-27-18)21-23-19(24-28-21)14-17-8-5-4-6-9-17/h4-10,13,16H,3,11-12,14-15H2,1-2H3,(H,22,26)/t16-/m1/s1. The van der Waals surface area contributed by atoms with Gasteiger partial charge in [-0.05, 0) is 31.0 Å². The van der Waals surface area contributed by atoms with E-state index in [9.17, 15) is 4.79 Å². The molecule has 3 rings (SSSR count). The zero-order valence-corrected chi connectivity index (χ0v) is 17.1. The first-order valence-corrected chi connectivity index (χ1v) is 10.3. The van der Waals surface area contributed by atoms with E-state index in [1.807, 2.05) is 37.3 Å². The zero-order chi connectivity index (χ0) is 19.8. The number of anilines is 1. The number of carbonyl (C=O) groups is 1. The number of nitrogens with one attached hydrogen (secondary N) is 1. The average molecular weight is 399 g/mol. The molecule has 0 aliphatic rings. The van der Waals surface area contributed by atoms with Crippen LogP contribution in [0.4, 0.5) is 5.13 Å². The van der Waals surface area contributed by atoms with Gasteiger partial charge in [0.1, 0.15) is 11.6 Å². The zero-order valence-electron chi connectivity index (χ0n) is 16.3. The molecule has 1 N–H and O–H groups in total. The van der Waals surface area contributed by atoms with E-state index in [4.69, 9.17) is 9.40 Å². The van der Waals surface area contributed by atoms with Gasteiger partial charge in [0.05, 0.1) is 12.8 Å². The lowest BCUT2D eigenvalue weighted by Crippen LogP contribution is -2.35. The third kappa shape index (κ3) is 5.92. The minimum absolute atomic E-state index is 0.0489. The Kier molecular flexibility index (Phi) is 7.19. The second-order valence-electron chi connectivity index (χ2n) is 6.78. The molecule has 1 atom stereocenters. The predicted molar refractivity (Wildman–Crippen MR) is 111 cm³/mol. The van der Waals surface area contributed by atoms with E-state index in [1.165, 1.54) is 17.1 Å². The van der Waals surface area contributed by atoms with E-state index in [-0.39, 0.29) is 11.9 Å². The van der Waals surface area contributed by atoms with Gasteiger partial charge in [0, 0.05) is 37.0 Å². The van der Waals surface area contributed by atoms with Gasteiger partial charge in [0.15, 0.2) is 0 Å². The van der Waals surface area contributed by atoms with Crippen molar-refractivity contribution in [2.75, 3.05) is 11.4 Å². The summed E-state index contributed by atoms with van der Waals surface area (Å²) in [4.78, 5) is 19.0. The van der Waals surface area contributed by atoms with Crippen LogP contribution in [-0.2, 0) is 17.8 Å². The first kappa shape index (κ1) is 20.1. The number of amides is 1. The molecule has 0 saturated heterocycles. The highest BCUT2D eigenvalue weighted by Gasteiger charge is 2.17. The quantitative estimate of drug-likeness (QED) is 0.558. The number of rotatable bonds is 10. The molecule has 6 nitrogen and oxygen atoms in total. The topological polar surface area (TPSA) is 71.3 Å². The molecule has 0 saturated carbocycles. The van der Waals surface area contributed by atoms with Gasteiger partial charge in [-0.25, -0.2) is 4.98 Å². The van der Waals surface area contributed by atoms with Gasteiger partial charge in [0.2, 0.25) is 11.0 Å².